The molecule has 2 aromatic carbocycles. The zero-order valence-electron chi connectivity index (χ0n) is 18.9. The van der Waals surface area contributed by atoms with Crippen LogP contribution in [-0.2, 0) is 20.9 Å². The minimum absolute atomic E-state index is 0.104. The van der Waals surface area contributed by atoms with Gasteiger partial charge in [-0.05, 0) is 48.4 Å². The Kier molecular flexibility index (Phi) is 7.59. The van der Waals surface area contributed by atoms with Crippen molar-refractivity contribution in [3.05, 3.63) is 76.3 Å². The molecule has 168 valence electrons. The van der Waals surface area contributed by atoms with Crippen molar-refractivity contribution in [2.45, 2.75) is 20.5 Å². The van der Waals surface area contributed by atoms with Crippen LogP contribution in [0.3, 0.4) is 0 Å². The Morgan fingerprint density at radius 1 is 1.15 bits per heavy atom. The fourth-order valence-electron chi connectivity index (χ4n) is 3.05. The van der Waals surface area contributed by atoms with Crippen LogP contribution in [0.5, 0.6) is 0 Å². The van der Waals surface area contributed by atoms with E-state index in [1.54, 1.807) is 5.38 Å². The summed E-state index contributed by atoms with van der Waals surface area (Å²) in [5, 5.41) is 11.6. The molecule has 0 aliphatic carbocycles. The fourth-order valence-corrected chi connectivity index (χ4v) is 3.92. The summed E-state index contributed by atoms with van der Waals surface area (Å²) in [6.45, 7) is 3.32. The summed E-state index contributed by atoms with van der Waals surface area (Å²) in [6.07, 6.45) is 1.49. The number of ether oxygens (including phenoxy) is 1. The topological polar surface area (TPSA) is 86.5 Å². The summed E-state index contributed by atoms with van der Waals surface area (Å²) in [5.41, 5.74) is 3.87. The second kappa shape index (κ2) is 10.6. The van der Waals surface area contributed by atoms with Gasteiger partial charge in [-0.15, -0.1) is 11.3 Å². The van der Waals surface area contributed by atoms with E-state index in [4.69, 9.17) is 4.74 Å². The number of aryl methyl sites for hydroxylation is 1. The average molecular weight is 461 g/mol. The van der Waals surface area contributed by atoms with Gasteiger partial charge in [0.25, 0.3) is 0 Å². The second-order valence-electron chi connectivity index (χ2n) is 7.55. The van der Waals surface area contributed by atoms with Gasteiger partial charge in [0.1, 0.15) is 18.2 Å². The number of nitriles is 1. The molecule has 0 fully saturated rings. The van der Waals surface area contributed by atoms with Gasteiger partial charge in [0.15, 0.2) is 5.13 Å². The highest BCUT2D eigenvalue weighted by atomic mass is 32.1. The van der Waals surface area contributed by atoms with Crippen LogP contribution in [-0.4, -0.2) is 31.0 Å². The third-order valence-corrected chi connectivity index (χ3v) is 5.59. The first-order chi connectivity index (χ1) is 15.8. The van der Waals surface area contributed by atoms with E-state index < -0.39 is 5.97 Å². The van der Waals surface area contributed by atoms with Crippen molar-refractivity contribution in [2.75, 3.05) is 23.9 Å². The first-order valence-corrected chi connectivity index (χ1v) is 11.0. The quantitative estimate of drug-likeness (QED) is 0.285. The zero-order chi connectivity index (χ0) is 24.0. The molecule has 3 rings (SSSR count). The molecule has 0 radical (unpaired) electrons. The minimum atomic E-state index is -0.731. The molecule has 0 atom stereocenters. The van der Waals surface area contributed by atoms with E-state index in [2.05, 4.69) is 4.98 Å². The van der Waals surface area contributed by atoms with E-state index >= 15 is 0 Å². The number of nitrogens with zero attached hydrogens (tertiary/aromatic N) is 4. The van der Waals surface area contributed by atoms with E-state index in [0.29, 0.717) is 10.8 Å². The molecule has 0 spiro atoms. The SMILES string of the molecule is CC(=O)N(c1cccc(C)c1)c1nc(COC(=O)/C(C#N)=C/c2ccc(N(C)C)cc2)cs1. The van der Waals surface area contributed by atoms with Gasteiger partial charge in [-0.3, -0.25) is 9.69 Å². The maximum Gasteiger partial charge on any atom is 0.349 e. The average Bonchev–Trinajstić information content (AvgIpc) is 3.24. The third kappa shape index (κ3) is 6.05. The molecule has 0 saturated heterocycles. The summed E-state index contributed by atoms with van der Waals surface area (Å²) in [6, 6.07) is 16.9. The Labute approximate surface area is 197 Å². The number of thiazole rings is 1. The van der Waals surface area contributed by atoms with Crippen molar-refractivity contribution in [1.29, 1.82) is 5.26 Å². The largest absolute Gasteiger partial charge is 0.455 e. The molecule has 7 nitrogen and oxygen atoms in total. The lowest BCUT2D eigenvalue weighted by Gasteiger charge is -2.18. The standard InChI is InChI=1S/C25H24N4O3S/c1-17-6-5-7-23(12-17)29(18(2)30)25-27-21(16-33-25)15-32-24(31)20(14-26)13-19-8-10-22(11-9-19)28(3)4/h5-13,16H,15H2,1-4H3/b20-13+. The Morgan fingerprint density at radius 3 is 2.48 bits per heavy atom. The van der Waals surface area contributed by atoms with Gasteiger partial charge in [-0.1, -0.05) is 24.3 Å². The predicted octanol–water partition coefficient (Wildman–Crippen LogP) is 4.85. The maximum absolute atomic E-state index is 12.4. The molecule has 0 N–H and O–H groups in total. The van der Waals surface area contributed by atoms with Crippen molar-refractivity contribution in [1.82, 2.24) is 4.98 Å². The zero-order valence-corrected chi connectivity index (χ0v) is 19.7. The van der Waals surface area contributed by atoms with E-state index in [0.717, 1.165) is 22.5 Å². The van der Waals surface area contributed by atoms with E-state index in [1.807, 2.05) is 80.5 Å². The molecule has 33 heavy (non-hydrogen) atoms. The first kappa shape index (κ1) is 23.7. The van der Waals surface area contributed by atoms with Crippen molar-refractivity contribution in [2.24, 2.45) is 0 Å². The van der Waals surface area contributed by atoms with Crippen LogP contribution in [0.4, 0.5) is 16.5 Å². The van der Waals surface area contributed by atoms with Gasteiger partial charge < -0.3 is 9.64 Å². The molecule has 0 aliphatic rings. The van der Waals surface area contributed by atoms with E-state index in [1.165, 1.54) is 29.2 Å². The highest BCUT2D eigenvalue weighted by molar-refractivity contribution is 7.14. The van der Waals surface area contributed by atoms with Gasteiger partial charge in [-0.25, -0.2) is 9.78 Å². The van der Waals surface area contributed by atoms with Crippen molar-refractivity contribution in [3.8, 4) is 6.07 Å². The van der Waals surface area contributed by atoms with Crippen LogP contribution in [0.1, 0.15) is 23.7 Å². The number of hydrogen-bond acceptors (Lipinski definition) is 7. The number of esters is 1. The molecular weight excluding hydrogens is 436 g/mol. The third-order valence-electron chi connectivity index (χ3n) is 4.72. The summed E-state index contributed by atoms with van der Waals surface area (Å²) in [5.74, 6) is -0.903. The van der Waals surface area contributed by atoms with Crippen molar-refractivity contribution >= 4 is 45.8 Å². The van der Waals surface area contributed by atoms with Crippen LogP contribution in [0.15, 0.2) is 59.5 Å². The number of hydrogen-bond donors (Lipinski definition) is 0. The molecule has 1 aromatic heterocycles. The number of aromatic nitrogens is 1. The van der Waals surface area contributed by atoms with Crippen LogP contribution >= 0.6 is 11.3 Å². The minimum Gasteiger partial charge on any atom is -0.455 e. The second-order valence-corrected chi connectivity index (χ2v) is 8.38. The van der Waals surface area contributed by atoms with Gasteiger partial charge in [0.2, 0.25) is 5.91 Å². The Hall–Kier alpha value is -3.96. The summed E-state index contributed by atoms with van der Waals surface area (Å²) in [4.78, 5) is 32.6. The van der Waals surface area contributed by atoms with Crippen LogP contribution in [0.25, 0.3) is 6.08 Å². The van der Waals surface area contributed by atoms with Gasteiger partial charge in [0, 0.05) is 32.1 Å². The molecule has 0 bridgehead atoms. The summed E-state index contributed by atoms with van der Waals surface area (Å²) in [7, 11) is 3.87. The molecule has 3 aromatic rings. The Balaban J connectivity index is 1.70. The molecule has 1 amide bonds. The number of rotatable bonds is 7. The summed E-state index contributed by atoms with van der Waals surface area (Å²) < 4.78 is 5.30. The van der Waals surface area contributed by atoms with Gasteiger partial charge in [-0.2, -0.15) is 5.26 Å². The van der Waals surface area contributed by atoms with Crippen molar-refractivity contribution < 1.29 is 14.3 Å². The molecule has 1 heterocycles. The molecule has 8 heteroatoms. The van der Waals surface area contributed by atoms with Crippen LogP contribution in [0.2, 0.25) is 0 Å². The lowest BCUT2D eigenvalue weighted by atomic mass is 10.1. The lowest BCUT2D eigenvalue weighted by molar-refractivity contribution is -0.139. The number of carbonyl (C=O) groups excluding carboxylic acids is 2. The fraction of sp³-hybridized carbons (Fsp3) is 0.200. The number of benzene rings is 2. The summed E-state index contributed by atoms with van der Waals surface area (Å²) >= 11 is 1.28. The maximum atomic E-state index is 12.4. The van der Waals surface area contributed by atoms with Gasteiger partial charge in [0.05, 0.1) is 11.4 Å². The van der Waals surface area contributed by atoms with Gasteiger partial charge >= 0.3 is 5.97 Å². The smallest absolute Gasteiger partial charge is 0.349 e. The Bertz CT molecular complexity index is 1220. The normalized spacial score (nSPS) is 10.9. The molecule has 0 saturated carbocycles. The molecule has 0 aliphatic heterocycles. The lowest BCUT2D eigenvalue weighted by Crippen LogP contribution is -2.22. The Morgan fingerprint density at radius 2 is 1.88 bits per heavy atom. The first-order valence-electron chi connectivity index (χ1n) is 10.2. The van der Waals surface area contributed by atoms with Crippen molar-refractivity contribution in [3.63, 3.8) is 0 Å². The number of anilines is 3. The highest BCUT2D eigenvalue weighted by Gasteiger charge is 2.19. The predicted molar refractivity (Wildman–Crippen MR) is 130 cm³/mol. The number of amides is 1. The molecule has 0 unspecified atom stereocenters. The van der Waals surface area contributed by atoms with E-state index in [9.17, 15) is 14.9 Å². The monoisotopic (exact) mass is 460 g/mol. The van der Waals surface area contributed by atoms with E-state index in [-0.39, 0.29) is 18.1 Å². The molecular formula is C25H24N4O3S. The van der Waals surface area contributed by atoms with Crippen LogP contribution in [0, 0.1) is 18.3 Å². The van der Waals surface area contributed by atoms with Crippen LogP contribution < -0.4 is 9.80 Å². The highest BCUT2D eigenvalue weighted by Crippen LogP contribution is 2.29. The number of carbonyl (C=O) groups is 2.